The highest BCUT2D eigenvalue weighted by atomic mass is 16.5. The fourth-order valence-electron chi connectivity index (χ4n) is 1.11. The number of carbonyl (C=O) groups excluding carboxylic acids is 1. The summed E-state index contributed by atoms with van der Waals surface area (Å²) in [4.78, 5) is 10.5. The van der Waals surface area contributed by atoms with E-state index in [2.05, 4.69) is 6.92 Å². The summed E-state index contributed by atoms with van der Waals surface area (Å²) in [5, 5.41) is 0. The second-order valence-corrected chi connectivity index (χ2v) is 3.39. The van der Waals surface area contributed by atoms with Crippen LogP contribution in [0.2, 0.25) is 0 Å². The zero-order valence-electron chi connectivity index (χ0n) is 8.69. The first kappa shape index (κ1) is 10.9. The smallest absolute Gasteiger partial charge is 0.150 e. The first-order chi connectivity index (χ1) is 6.76. The van der Waals surface area contributed by atoms with Gasteiger partial charge in [0.25, 0.3) is 0 Å². The van der Waals surface area contributed by atoms with Gasteiger partial charge in [-0.3, -0.25) is 4.79 Å². The molecular formula is C12H16O2. The predicted octanol–water partition coefficient (Wildman–Crippen LogP) is 2.81. The van der Waals surface area contributed by atoms with Crippen LogP contribution in [-0.2, 0) is 11.3 Å². The van der Waals surface area contributed by atoms with E-state index in [4.69, 9.17) is 4.74 Å². The minimum atomic E-state index is 0.273. The molecule has 0 aromatic heterocycles. The van der Waals surface area contributed by atoms with Crippen LogP contribution in [0.1, 0.15) is 36.2 Å². The number of rotatable bonds is 5. The van der Waals surface area contributed by atoms with Gasteiger partial charge in [0.1, 0.15) is 6.29 Å². The number of hydrogen-bond donors (Lipinski definition) is 0. The first-order valence-corrected chi connectivity index (χ1v) is 4.92. The second kappa shape index (κ2) is 5.55. The minimum Gasteiger partial charge on any atom is -0.374 e. The zero-order chi connectivity index (χ0) is 10.4. The normalized spacial score (nSPS) is 12.4. The van der Waals surface area contributed by atoms with E-state index in [0.717, 1.165) is 18.3 Å². The van der Waals surface area contributed by atoms with Crippen LogP contribution >= 0.6 is 0 Å². The van der Waals surface area contributed by atoms with Gasteiger partial charge in [-0.05, 0) is 25.0 Å². The third-order valence-corrected chi connectivity index (χ3v) is 2.20. The van der Waals surface area contributed by atoms with Crippen molar-refractivity contribution in [2.75, 3.05) is 0 Å². The molecule has 0 aliphatic rings. The van der Waals surface area contributed by atoms with Gasteiger partial charge in [-0.15, -0.1) is 0 Å². The Balaban J connectivity index is 2.54. The van der Waals surface area contributed by atoms with Crippen LogP contribution in [0.4, 0.5) is 0 Å². The van der Waals surface area contributed by atoms with Gasteiger partial charge in [-0.1, -0.05) is 25.1 Å². The molecule has 0 spiro atoms. The van der Waals surface area contributed by atoms with Crippen LogP contribution in [0.5, 0.6) is 0 Å². The summed E-state index contributed by atoms with van der Waals surface area (Å²) in [5.74, 6) is 0. The molecule has 0 aliphatic heterocycles. The summed E-state index contributed by atoms with van der Waals surface area (Å²) in [5.41, 5.74) is 1.75. The van der Waals surface area contributed by atoms with Crippen LogP contribution in [0.25, 0.3) is 0 Å². The molecule has 1 atom stereocenters. The molecule has 0 aliphatic carbocycles. The summed E-state index contributed by atoms with van der Waals surface area (Å²) < 4.78 is 5.56. The Morgan fingerprint density at radius 1 is 1.50 bits per heavy atom. The molecule has 0 unspecified atom stereocenters. The number of aldehydes is 1. The van der Waals surface area contributed by atoms with Crippen LogP contribution in [0.3, 0.4) is 0 Å². The monoisotopic (exact) mass is 192 g/mol. The molecule has 0 heterocycles. The highest BCUT2D eigenvalue weighted by Gasteiger charge is 1.99. The van der Waals surface area contributed by atoms with E-state index in [1.54, 1.807) is 6.07 Å². The van der Waals surface area contributed by atoms with Crippen molar-refractivity contribution in [2.45, 2.75) is 33.0 Å². The van der Waals surface area contributed by atoms with E-state index in [0.29, 0.717) is 12.2 Å². The van der Waals surface area contributed by atoms with Crippen LogP contribution in [-0.4, -0.2) is 12.4 Å². The Hall–Kier alpha value is -1.15. The SMILES string of the molecule is CC[C@H](C)OCc1cccc(C=O)c1. The van der Waals surface area contributed by atoms with Gasteiger partial charge in [0, 0.05) is 5.56 Å². The van der Waals surface area contributed by atoms with Crippen molar-refractivity contribution in [1.29, 1.82) is 0 Å². The third kappa shape index (κ3) is 3.30. The Morgan fingerprint density at radius 2 is 2.29 bits per heavy atom. The maximum absolute atomic E-state index is 10.5. The van der Waals surface area contributed by atoms with Crippen molar-refractivity contribution >= 4 is 6.29 Å². The Kier molecular flexibility index (Phi) is 4.33. The van der Waals surface area contributed by atoms with Gasteiger partial charge in [-0.2, -0.15) is 0 Å². The second-order valence-electron chi connectivity index (χ2n) is 3.39. The largest absolute Gasteiger partial charge is 0.374 e. The number of carbonyl (C=O) groups is 1. The van der Waals surface area contributed by atoms with E-state index in [9.17, 15) is 4.79 Å². The third-order valence-electron chi connectivity index (χ3n) is 2.20. The van der Waals surface area contributed by atoms with E-state index >= 15 is 0 Å². The quantitative estimate of drug-likeness (QED) is 0.670. The molecular weight excluding hydrogens is 176 g/mol. The van der Waals surface area contributed by atoms with Crippen molar-refractivity contribution in [1.82, 2.24) is 0 Å². The predicted molar refractivity (Wildman–Crippen MR) is 56.4 cm³/mol. The lowest BCUT2D eigenvalue weighted by molar-refractivity contribution is 0.0508. The lowest BCUT2D eigenvalue weighted by atomic mass is 10.1. The van der Waals surface area contributed by atoms with Crippen molar-refractivity contribution in [3.05, 3.63) is 35.4 Å². The fraction of sp³-hybridized carbons (Fsp3) is 0.417. The molecule has 2 nitrogen and oxygen atoms in total. The van der Waals surface area contributed by atoms with Crippen molar-refractivity contribution < 1.29 is 9.53 Å². The first-order valence-electron chi connectivity index (χ1n) is 4.92. The molecule has 0 bridgehead atoms. The van der Waals surface area contributed by atoms with Crippen molar-refractivity contribution in [3.8, 4) is 0 Å². The van der Waals surface area contributed by atoms with E-state index in [1.165, 1.54) is 0 Å². The van der Waals surface area contributed by atoms with E-state index in [1.807, 2.05) is 25.1 Å². The molecule has 0 saturated heterocycles. The molecule has 1 aromatic carbocycles. The van der Waals surface area contributed by atoms with E-state index < -0.39 is 0 Å². The van der Waals surface area contributed by atoms with Crippen molar-refractivity contribution in [3.63, 3.8) is 0 Å². The van der Waals surface area contributed by atoms with Crippen LogP contribution < -0.4 is 0 Å². The molecule has 1 aromatic rings. The molecule has 0 N–H and O–H groups in total. The van der Waals surface area contributed by atoms with Gasteiger partial charge in [0.2, 0.25) is 0 Å². The minimum absolute atomic E-state index is 0.273. The van der Waals surface area contributed by atoms with Crippen molar-refractivity contribution in [2.24, 2.45) is 0 Å². The topological polar surface area (TPSA) is 26.3 Å². The highest BCUT2D eigenvalue weighted by Crippen LogP contribution is 2.07. The van der Waals surface area contributed by atoms with Crippen LogP contribution in [0, 0.1) is 0 Å². The maximum Gasteiger partial charge on any atom is 0.150 e. The lowest BCUT2D eigenvalue weighted by Gasteiger charge is -2.10. The maximum atomic E-state index is 10.5. The molecule has 2 heteroatoms. The van der Waals surface area contributed by atoms with Gasteiger partial charge in [-0.25, -0.2) is 0 Å². The number of benzene rings is 1. The summed E-state index contributed by atoms with van der Waals surface area (Å²) in [6.45, 7) is 4.72. The molecule has 0 fully saturated rings. The number of hydrogen-bond acceptors (Lipinski definition) is 2. The molecule has 0 radical (unpaired) electrons. The summed E-state index contributed by atoms with van der Waals surface area (Å²) in [6.07, 6.45) is 2.13. The summed E-state index contributed by atoms with van der Waals surface area (Å²) in [6, 6.07) is 7.49. The van der Waals surface area contributed by atoms with Gasteiger partial charge in [0.05, 0.1) is 12.7 Å². The van der Waals surface area contributed by atoms with Gasteiger partial charge >= 0.3 is 0 Å². The lowest BCUT2D eigenvalue weighted by Crippen LogP contribution is -2.06. The van der Waals surface area contributed by atoms with Gasteiger partial charge < -0.3 is 4.74 Å². The molecule has 1 rings (SSSR count). The Morgan fingerprint density at radius 3 is 2.93 bits per heavy atom. The average Bonchev–Trinajstić information content (AvgIpc) is 2.26. The summed E-state index contributed by atoms with van der Waals surface area (Å²) >= 11 is 0. The Bertz CT molecular complexity index is 294. The fourth-order valence-corrected chi connectivity index (χ4v) is 1.11. The summed E-state index contributed by atoms with van der Waals surface area (Å²) in [7, 11) is 0. The zero-order valence-corrected chi connectivity index (χ0v) is 8.69. The molecule has 0 saturated carbocycles. The Labute approximate surface area is 84.9 Å². The average molecular weight is 192 g/mol. The molecule has 14 heavy (non-hydrogen) atoms. The molecule has 76 valence electrons. The molecule has 0 amide bonds. The van der Waals surface area contributed by atoms with E-state index in [-0.39, 0.29) is 6.10 Å². The van der Waals surface area contributed by atoms with Gasteiger partial charge in [0.15, 0.2) is 0 Å². The van der Waals surface area contributed by atoms with Crippen LogP contribution in [0.15, 0.2) is 24.3 Å². The highest BCUT2D eigenvalue weighted by molar-refractivity contribution is 5.74. The number of ether oxygens (including phenoxy) is 1. The standard InChI is InChI=1S/C12H16O2/c1-3-10(2)14-9-12-6-4-5-11(7-12)8-13/h4-8,10H,3,9H2,1-2H3/t10-/m0/s1.